The number of nitrogens with one attached hydrogen (secondary N) is 2. The minimum Gasteiger partial charge on any atom is -0.493 e. The van der Waals surface area contributed by atoms with Crippen LogP contribution in [0.3, 0.4) is 0 Å². The van der Waals surface area contributed by atoms with Crippen molar-refractivity contribution < 1.29 is 14.3 Å². The van der Waals surface area contributed by atoms with Crippen LogP contribution in [0, 0.1) is 11.3 Å². The zero-order valence-corrected chi connectivity index (χ0v) is 18.7. The maximum Gasteiger partial charge on any atom is 0.263 e. The van der Waals surface area contributed by atoms with Crippen molar-refractivity contribution in [2.45, 2.75) is 25.7 Å². The number of hydrogen-bond acceptors (Lipinski definition) is 6. The van der Waals surface area contributed by atoms with Crippen LogP contribution < -0.4 is 25.0 Å². The third-order valence-electron chi connectivity index (χ3n) is 5.48. The zero-order chi connectivity index (χ0) is 22.8. The van der Waals surface area contributed by atoms with Gasteiger partial charge in [0, 0.05) is 37.2 Å². The quantitative estimate of drug-likeness (QED) is 0.460. The molecule has 1 aliphatic rings. The first-order valence-corrected chi connectivity index (χ1v) is 10.9. The van der Waals surface area contributed by atoms with E-state index in [2.05, 4.69) is 27.7 Å². The summed E-state index contributed by atoms with van der Waals surface area (Å²) in [6.07, 6.45) is 5.82. The first-order chi connectivity index (χ1) is 15.6. The smallest absolute Gasteiger partial charge is 0.263 e. The van der Waals surface area contributed by atoms with E-state index >= 15 is 0 Å². The maximum absolute atomic E-state index is 12.4. The van der Waals surface area contributed by atoms with Crippen LogP contribution in [-0.4, -0.2) is 39.8 Å². The van der Waals surface area contributed by atoms with Gasteiger partial charge >= 0.3 is 0 Å². The highest BCUT2D eigenvalue weighted by atomic mass is 16.5. The summed E-state index contributed by atoms with van der Waals surface area (Å²) >= 11 is 0. The second kappa shape index (κ2) is 11.7. The van der Waals surface area contributed by atoms with Gasteiger partial charge in [-0.05, 0) is 67.6 Å². The van der Waals surface area contributed by atoms with Gasteiger partial charge in [0.25, 0.3) is 5.91 Å². The Morgan fingerprint density at radius 1 is 1.06 bits per heavy atom. The fraction of sp³-hybridized carbons (Fsp3) is 0.360. The average Bonchev–Trinajstić information content (AvgIpc) is 2.85. The standard InChI is InChI=1S/C25H30N4O3/c1-31-23-11-6-19(16-24(23)32-2)12-13-27-25(30)20(17-26)18-28-21-7-9-22(10-8-21)29-14-4-3-5-15-29/h6-11,16,18,28H,3-5,12-15H2,1-2H3,(H,27,30)/b20-18-. The largest absolute Gasteiger partial charge is 0.493 e. The molecule has 0 aliphatic carbocycles. The number of carbonyl (C=O) groups is 1. The molecule has 2 aromatic carbocycles. The van der Waals surface area contributed by atoms with Crippen LogP contribution in [0.5, 0.6) is 11.5 Å². The van der Waals surface area contributed by atoms with E-state index in [0.717, 1.165) is 24.3 Å². The molecule has 1 saturated heterocycles. The monoisotopic (exact) mass is 434 g/mol. The Morgan fingerprint density at radius 3 is 2.44 bits per heavy atom. The number of benzene rings is 2. The first kappa shape index (κ1) is 23.0. The lowest BCUT2D eigenvalue weighted by atomic mass is 10.1. The van der Waals surface area contributed by atoms with Gasteiger partial charge in [0.1, 0.15) is 11.6 Å². The van der Waals surface area contributed by atoms with Gasteiger partial charge in [-0.15, -0.1) is 0 Å². The second-order valence-corrected chi connectivity index (χ2v) is 7.60. The predicted octanol–water partition coefficient (Wildman–Crippen LogP) is 3.87. The van der Waals surface area contributed by atoms with Gasteiger partial charge in [0.15, 0.2) is 11.5 Å². The zero-order valence-electron chi connectivity index (χ0n) is 18.7. The van der Waals surface area contributed by atoms with E-state index in [1.807, 2.05) is 36.4 Å². The molecule has 7 heteroatoms. The van der Waals surface area contributed by atoms with Gasteiger partial charge in [0.05, 0.1) is 14.2 Å². The summed E-state index contributed by atoms with van der Waals surface area (Å²) in [7, 11) is 3.17. The van der Waals surface area contributed by atoms with E-state index in [1.165, 1.54) is 31.1 Å². The Bertz CT molecular complexity index is 974. The van der Waals surface area contributed by atoms with Crippen molar-refractivity contribution in [3.8, 4) is 17.6 Å². The molecular weight excluding hydrogens is 404 g/mol. The molecule has 3 rings (SSSR count). The minimum atomic E-state index is -0.412. The van der Waals surface area contributed by atoms with Crippen molar-refractivity contribution in [3.05, 3.63) is 59.8 Å². The number of nitrogens with zero attached hydrogens (tertiary/aromatic N) is 2. The molecule has 168 valence electrons. The number of ether oxygens (including phenoxy) is 2. The predicted molar refractivity (Wildman–Crippen MR) is 126 cm³/mol. The molecule has 1 fully saturated rings. The van der Waals surface area contributed by atoms with Crippen LogP contribution in [-0.2, 0) is 11.2 Å². The van der Waals surface area contributed by atoms with Crippen molar-refractivity contribution in [3.63, 3.8) is 0 Å². The van der Waals surface area contributed by atoms with E-state index in [9.17, 15) is 10.1 Å². The molecule has 0 bridgehead atoms. The van der Waals surface area contributed by atoms with Crippen LogP contribution in [0.2, 0.25) is 0 Å². The Balaban J connectivity index is 1.51. The normalized spacial score (nSPS) is 13.8. The third kappa shape index (κ3) is 6.17. The molecule has 1 heterocycles. The fourth-order valence-electron chi connectivity index (χ4n) is 3.68. The summed E-state index contributed by atoms with van der Waals surface area (Å²) < 4.78 is 10.5. The average molecular weight is 435 g/mol. The minimum absolute atomic E-state index is 0.0254. The molecule has 7 nitrogen and oxygen atoms in total. The number of amides is 1. The Kier molecular flexibility index (Phi) is 8.38. The summed E-state index contributed by atoms with van der Waals surface area (Å²) in [5.74, 6) is 0.889. The molecule has 0 spiro atoms. The van der Waals surface area contributed by atoms with Gasteiger partial charge in [-0.2, -0.15) is 5.26 Å². The van der Waals surface area contributed by atoms with Crippen LogP contribution >= 0.6 is 0 Å². The lowest BCUT2D eigenvalue weighted by Crippen LogP contribution is -2.29. The molecule has 2 N–H and O–H groups in total. The van der Waals surface area contributed by atoms with Gasteiger partial charge in [-0.25, -0.2) is 0 Å². The van der Waals surface area contributed by atoms with Crippen LogP contribution in [0.1, 0.15) is 24.8 Å². The van der Waals surface area contributed by atoms with Crippen LogP contribution in [0.25, 0.3) is 0 Å². The van der Waals surface area contributed by atoms with Gasteiger partial charge < -0.3 is 25.0 Å². The Hall–Kier alpha value is -3.66. The fourth-order valence-corrected chi connectivity index (χ4v) is 3.68. The molecule has 0 radical (unpaired) electrons. The highest BCUT2D eigenvalue weighted by Crippen LogP contribution is 2.27. The molecule has 32 heavy (non-hydrogen) atoms. The van der Waals surface area contributed by atoms with E-state index in [1.54, 1.807) is 14.2 Å². The molecule has 1 aliphatic heterocycles. The van der Waals surface area contributed by atoms with Crippen molar-refractivity contribution in [1.29, 1.82) is 5.26 Å². The lowest BCUT2D eigenvalue weighted by Gasteiger charge is -2.28. The number of carbonyl (C=O) groups excluding carboxylic acids is 1. The van der Waals surface area contributed by atoms with Crippen LogP contribution in [0.4, 0.5) is 11.4 Å². The third-order valence-corrected chi connectivity index (χ3v) is 5.48. The van der Waals surface area contributed by atoms with Gasteiger partial charge in [-0.3, -0.25) is 4.79 Å². The first-order valence-electron chi connectivity index (χ1n) is 10.9. The van der Waals surface area contributed by atoms with Gasteiger partial charge in [0.2, 0.25) is 0 Å². The molecule has 0 saturated carbocycles. The molecular formula is C25H30N4O3. The van der Waals surface area contributed by atoms with Crippen molar-refractivity contribution in [2.75, 3.05) is 44.1 Å². The highest BCUT2D eigenvalue weighted by molar-refractivity contribution is 5.97. The number of rotatable bonds is 9. The summed E-state index contributed by atoms with van der Waals surface area (Å²) in [6, 6.07) is 15.6. The van der Waals surface area contributed by atoms with E-state index < -0.39 is 5.91 Å². The van der Waals surface area contributed by atoms with E-state index in [0.29, 0.717) is 24.5 Å². The number of anilines is 2. The second-order valence-electron chi connectivity index (χ2n) is 7.60. The number of nitriles is 1. The molecule has 2 aromatic rings. The number of hydrogen-bond donors (Lipinski definition) is 2. The summed E-state index contributed by atoms with van der Waals surface area (Å²) in [5, 5.41) is 15.2. The Morgan fingerprint density at radius 2 is 1.78 bits per heavy atom. The maximum atomic E-state index is 12.4. The van der Waals surface area contributed by atoms with Gasteiger partial charge in [-0.1, -0.05) is 6.07 Å². The number of piperidine rings is 1. The lowest BCUT2D eigenvalue weighted by molar-refractivity contribution is -0.117. The topological polar surface area (TPSA) is 86.6 Å². The molecule has 1 amide bonds. The highest BCUT2D eigenvalue weighted by Gasteiger charge is 2.11. The van der Waals surface area contributed by atoms with Crippen LogP contribution in [0.15, 0.2) is 54.2 Å². The Labute approximate surface area is 189 Å². The molecule has 0 atom stereocenters. The summed E-state index contributed by atoms with van der Waals surface area (Å²) in [5.41, 5.74) is 3.05. The summed E-state index contributed by atoms with van der Waals surface area (Å²) in [4.78, 5) is 14.8. The number of methoxy groups -OCH3 is 2. The van der Waals surface area contributed by atoms with Crippen molar-refractivity contribution in [1.82, 2.24) is 5.32 Å². The molecule has 0 aromatic heterocycles. The molecule has 0 unspecified atom stereocenters. The van der Waals surface area contributed by atoms with Crippen molar-refractivity contribution in [2.24, 2.45) is 0 Å². The van der Waals surface area contributed by atoms with E-state index in [4.69, 9.17) is 9.47 Å². The SMILES string of the molecule is COc1ccc(CCNC(=O)/C(C#N)=C\Nc2ccc(N3CCCCC3)cc2)cc1OC. The van der Waals surface area contributed by atoms with E-state index in [-0.39, 0.29) is 5.57 Å². The summed E-state index contributed by atoms with van der Waals surface area (Å²) in [6.45, 7) is 2.58. The van der Waals surface area contributed by atoms with Crippen molar-refractivity contribution >= 4 is 17.3 Å².